The number of carboxylic acid groups (broad SMARTS) is 1. The molecular formula is C9H12N4O3S. The lowest BCUT2D eigenvalue weighted by molar-refractivity contribution is -0.136. The Kier molecular flexibility index (Phi) is 3.32. The van der Waals surface area contributed by atoms with Gasteiger partial charge in [0.2, 0.25) is 5.91 Å². The van der Waals surface area contributed by atoms with Gasteiger partial charge in [-0.2, -0.15) is 17.6 Å². The van der Waals surface area contributed by atoms with E-state index in [1.165, 1.54) is 4.90 Å². The van der Waals surface area contributed by atoms with Crippen LogP contribution in [0.5, 0.6) is 0 Å². The molecule has 0 aromatic carbocycles. The van der Waals surface area contributed by atoms with Gasteiger partial charge in [0, 0.05) is 13.0 Å². The monoisotopic (exact) mass is 256 g/mol. The van der Waals surface area contributed by atoms with E-state index in [-0.39, 0.29) is 30.0 Å². The van der Waals surface area contributed by atoms with Crippen LogP contribution in [-0.2, 0) is 16.0 Å². The minimum atomic E-state index is -0.992. The molecular weight excluding hydrogens is 244 g/mol. The standard InChI is InChI=1S/C9H12N4O3S/c14-7-1-5(4-17)3-13(7)9-10-6(11-12-9)2-8(15)16/h5,17H,1-4H2,(H,15,16)(H,10,11,12). The Hall–Kier alpha value is -1.57. The van der Waals surface area contributed by atoms with Crippen molar-refractivity contribution in [3.8, 4) is 0 Å². The molecule has 8 heteroatoms. The fourth-order valence-corrected chi connectivity index (χ4v) is 1.97. The van der Waals surface area contributed by atoms with Crippen molar-refractivity contribution in [1.29, 1.82) is 0 Å². The molecule has 2 rings (SSSR count). The molecule has 0 bridgehead atoms. The third-order valence-corrected chi connectivity index (χ3v) is 3.06. The van der Waals surface area contributed by atoms with Gasteiger partial charge in [-0.1, -0.05) is 0 Å². The lowest BCUT2D eigenvalue weighted by Gasteiger charge is -2.10. The van der Waals surface area contributed by atoms with Gasteiger partial charge in [-0.05, 0) is 11.7 Å². The number of hydrogen-bond acceptors (Lipinski definition) is 5. The smallest absolute Gasteiger partial charge is 0.311 e. The number of thiol groups is 1. The van der Waals surface area contributed by atoms with Gasteiger partial charge in [-0.25, -0.2) is 0 Å². The van der Waals surface area contributed by atoms with Crippen molar-refractivity contribution in [2.24, 2.45) is 5.92 Å². The lowest BCUT2D eigenvalue weighted by atomic mass is 10.1. The molecule has 92 valence electrons. The SMILES string of the molecule is O=C(O)Cc1nc(N2CC(CS)CC2=O)n[nH]1. The zero-order valence-corrected chi connectivity index (χ0v) is 9.85. The second-order valence-corrected chi connectivity index (χ2v) is 4.27. The number of nitrogens with zero attached hydrogens (tertiary/aromatic N) is 3. The number of anilines is 1. The van der Waals surface area contributed by atoms with Crippen LogP contribution in [0.3, 0.4) is 0 Å². The van der Waals surface area contributed by atoms with E-state index in [1.54, 1.807) is 0 Å². The topological polar surface area (TPSA) is 99.2 Å². The van der Waals surface area contributed by atoms with E-state index in [2.05, 4.69) is 27.8 Å². The van der Waals surface area contributed by atoms with Gasteiger partial charge in [0.25, 0.3) is 5.95 Å². The minimum absolute atomic E-state index is 0.0510. The Bertz CT molecular complexity index is 447. The summed E-state index contributed by atoms with van der Waals surface area (Å²) in [7, 11) is 0. The first kappa shape index (κ1) is 11.9. The van der Waals surface area contributed by atoms with Crippen LogP contribution >= 0.6 is 12.6 Å². The molecule has 1 saturated heterocycles. The Morgan fingerprint density at radius 1 is 1.65 bits per heavy atom. The summed E-state index contributed by atoms with van der Waals surface area (Å²) in [5.41, 5.74) is 0. The average molecular weight is 256 g/mol. The summed E-state index contributed by atoms with van der Waals surface area (Å²) in [6, 6.07) is 0. The van der Waals surface area contributed by atoms with Gasteiger partial charge in [-0.15, -0.1) is 5.10 Å². The summed E-state index contributed by atoms with van der Waals surface area (Å²) >= 11 is 4.15. The number of nitrogens with one attached hydrogen (secondary N) is 1. The predicted octanol–water partition coefficient (Wildman–Crippen LogP) is -0.286. The maximum atomic E-state index is 11.7. The first-order valence-corrected chi connectivity index (χ1v) is 5.77. The van der Waals surface area contributed by atoms with Crippen LogP contribution in [0.4, 0.5) is 5.95 Å². The van der Waals surface area contributed by atoms with Gasteiger partial charge in [0.1, 0.15) is 12.2 Å². The third-order valence-electron chi connectivity index (χ3n) is 2.54. The van der Waals surface area contributed by atoms with Crippen molar-refractivity contribution >= 4 is 30.5 Å². The highest BCUT2D eigenvalue weighted by Crippen LogP contribution is 2.22. The molecule has 1 amide bonds. The quantitative estimate of drug-likeness (QED) is 0.643. The first-order chi connectivity index (χ1) is 8.10. The van der Waals surface area contributed by atoms with Gasteiger partial charge in [0.15, 0.2) is 0 Å². The second-order valence-electron chi connectivity index (χ2n) is 3.91. The van der Waals surface area contributed by atoms with Crippen LogP contribution in [-0.4, -0.2) is 44.5 Å². The molecule has 0 saturated carbocycles. The summed E-state index contributed by atoms with van der Waals surface area (Å²) in [6.45, 7) is 0.534. The number of hydrogen-bond donors (Lipinski definition) is 3. The third kappa shape index (κ3) is 2.57. The number of aliphatic carboxylic acids is 1. The fourth-order valence-electron chi connectivity index (χ4n) is 1.73. The highest BCUT2D eigenvalue weighted by atomic mass is 32.1. The number of carboxylic acids is 1. The maximum Gasteiger partial charge on any atom is 0.311 e. The zero-order valence-electron chi connectivity index (χ0n) is 8.96. The zero-order chi connectivity index (χ0) is 12.4. The van der Waals surface area contributed by atoms with Crippen molar-refractivity contribution in [2.75, 3.05) is 17.2 Å². The van der Waals surface area contributed by atoms with E-state index in [0.29, 0.717) is 18.7 Å². The molecule has 1 aromatic rings. The summed E-state index contributed by atoms with van der Waals surface area (Å²) in [6.07, 6.45) is 0.206. The Labute approximate surface area is 103 Å². The summed E-state index contributed by atoms with van der Waals surface area (Å²) in [4.78, 5) is 27.6. The van der Waals surface area contributed by atoms with E-state index in [9.17, 15) is 9.59 Å². The van der Waals surface area contributed by atoms with Gasteiger partial charge < -0.3 is 5.11 Å². The maximum absolute atomic E-state index is 11.7. The van der Waals surface area contributed by atoms with Crippen LogP contribution in [0.2, 0.25) is 0 Å². The Morgan fingerprint density at radius 3 is 3.00 bits per heavy atom. The summed E-state index contributed by atoms with van der Waals surface area (Å²) in [5.74, 6) is 0.283. The number of carbonyl (C=O) groups is 2. The van der Waals surface area contributed by atoms with Crippen molar-refractivity contribution < 1.29 is 14.7 Å². The lowest BCUT2D eigenvalue weighted by Crippen LogP contribution is -2.25. The number of rotatable bonds is 4. The van der Waals surface area contributed by atoms with Crippen LogP contribution in [0.25, 0.3) is 0 Å². The summed E-state index contributed by atoms with van der Waals surface area (Å²) < 4.78 is 0. The highest BCUT2D eigenvalue weighted by Gasteiger charge is 2.32. The molecule has 0 radical (unpaired) electrons. The van der Waals surface area contributed by atoms with E-state index in [4.69, 9.17) is 5.11 Å². The van der Waals surface area contributed by atoms with Crippen molar-refractivity contribution in [2.45, 2.75) is 12.8 Å². The molecule has 1 aromatic heterocycles. The van der Waals surface area contributed by atoms with Gasteiger partial charge >= 0.3 is 5.97 Å². The Morgan fingerprint density at radius 2 is 2.41 bits per heavy atom. The van der Waals surface area contributed by atoms with E-state index < -0.39 is 5.97 Å². The number of amides is 1. The number of aromatic nitrogens is 3. The molecule has 0 aliphatic carbocycles. The highest BCUT2D eigenvalue weighted by molar-refractivity contribution is 7.80. The minimum Gasteiger partial charge on any atom is -0.481 e. The summed E-state index contributed by atoms with van der Waals surface area (Å²) in [5, 5.41) is 15.0. The van der Waals surface area contributed by atoms with E-state index in [0.717, 1.165) is 0 Å². The largest absolute Gasteiger partial charge is 0.481 e. The van der Waals surface area contributed by atoms with E-state index >= 15 is 0 Å². The van der Waals surface area contributed by atoms with Crippen LogP contribution in [0, 0.1) is 5.92 Å². The molecule has 2 N–H and O–H groups in total. The average Bonchev–Trinajstić information content (AvgIpc) is 2.83. The predicted molar refractivity (Wildman–Crippen MR) is 62.0 cm³/mol. The molecule has 1 aliphatic rings. The molecule has 1 unspecified atom stereocenters. The molecule has 2 heterocycles. The second kappa shape index (κ2) is 4.74. The van der Waals surface area contributed by atoms with Gasteiger partial charge in [0.05, 0.1) is 0 Å². The molecule has 0 spiro atoms. The number of H-pyrrole nitrogens is 1. The molecule has 1 atom stereocenters. The number of carbonyl (C=O) groups excluding carboxylic acids is 1. The number of aromatic amines is 1. The van der Waals surface area contributed by atoms with Crippen molar-refractivity contribution in [3.05, 3.63) is 5.82 Å². The molecule has 1 fully saturated rings. The van der Waals surface area contributed by atoms with Crippen LogP contribution in [0.1, 0.15) is 12.2 Å². The molecule has 1 aliphatic heterocycles. The van der Waals surface area contributed by atoms with Crippen molar-refractivity contribution in [1.82, 2.24) is 15.2 Å². The Balaban J connectivity index is 2.10. The first-order valence-electron chi connectivity index (χ1n) is 5.14. The van der Waals surface area contributed by atoms with Gasteiger partial charge in [-0.3, -0.25) is 19.6 Å². The van der Waals surface area contributed by atoms with Crippen LogP contribution in [0.15, 0.2) is 0 Å². The normalized spacial score (nSPS) is 19.9. The fraction of sp³-hybridized carbons (Fsp3) is 0.556. The van der Waals surface area contributed by atoms with Crippen LogP contribution < -0.4 is 4.90 Å². The van der Waals surface area contributed by atoms with Crippen molar-refractivity contribution in [3.63, 3.8) is 0 Å². The molecule has 7 nitrogen and oxygen atoms in total. The van der Waals surface area contributed by atoms with E-state index in [1.807, 2.05) is 0 Å². The molecule has 17 heavy (non-hydrogen) atoms.